The lowest BCUT2D eigenvalue weighted by Gasteiger charge is -2.34. The third-order valence-corrected chi connectivity index (χ3v) is 4.27. The highest BCUT2D eigenvalue weighted by Gasteiger charge is 2.43. The molecule has 24 heavy (non-hydrogen) atoms. The summed E-state index contributed by atoms with van der Waals surface area (Å²) in [5, 5.41) is 9.54. The minimum atomic E-state index is -0.961. The molecule has 1 N–H and O–H groups in total. The van der Waals surface area contributed by atoms with Gasteiger partial charge >= 0.3 is 12.0 Å². The lowest BCUT2D eigenvalue weighted by atomic mass is 9.86. The number of aliphatic carboxylic acids is 1. The van der Waals surface area contributed by atoms with E-state index >= 15 is 0 Å². The van der Waals surface area contributed by atoms with Crippen LogP contribution in [0.5, 0.6) is 0 Å². The Morgan fingerprint density at radius 2 is 1.96 bits per heavy atom. The molecule has 0 unspecified atom stereocenters. The van der Waals surface area contributed by atoms with Gasteiger partial charge in [0, 0.05) is 18.8 Å². The molecule has 1 atom stereocenters. The van der Waals surface area contributed by atoms with Gasteiger partial charge in [0.1, 0.15) is 6.04 Å². The van der Waals surface area contributed by atoms with Crippen molar-refractivity contribution in [2.24, 2.45) is 5.41 Å². The van der Waals surface area contributed by atoms with E-state index in [0.29, 0.717) is 25.6 Å². The molecule has 0 bridgehead atoms. The number of carbonyl (C=O) groups is 2. The number of aromatic nitrogens is 1. The molecular weight excluding hydrogens is 306 g/mol. The Hall–Kier alpha value is -2.11. The van der Waals surface area contributed by atoms with E-state index in [1.807, 2.05) is 39.0 Å². The van der Waals surface area contributed by atoms with Crippen LogP contribution in [0.15, 0.2) is 18.2 Å². The van der Waals surface area contributed by atoms with Crippen molar-refractivity contribution in [1.82, 2.24) is 14.8 Å². The molecule has 132 valence electrons. The molecule has 1 fully saturated rings. The van der Waals surface area contributed by atoms with Crippen molar-refractivity contribution in [3.8, 4) is 0 Å². The molecule has 1 aliphatic rings. The van der Waals surface area contributed by atoms with Gasteiger partial charge in [0.15, 0.2) is 0 Å². The summed E-state index contributed by atoms with van der Waals surface area (Å²) in [5.74, 6) is -0.634. The number of urea groups is 1. The Balaban J connectivity index is 2.14. The molecular formula is C18H27N3O3. The summed E-state index contributed by atoms with van der Waals surface area (Å²) in [6, 6.07) is 4.77. The van der Waals surface area contributed by atoms with Gasteiger partial charge in [-0.15, -0.1) is 0 Å². The van der Waals surface area contributed by atoms with Crippen molar-refractivity contribution in [1.29, 1.82) is 0 Å². The zero-order chi connectivity index (χ0) is 18.1. The second-order valence-corrected chi connectivity index (χ2v) is 7.71. The van der Waals surface area contributed by atoms with Gasteiger partial charge < -0.3 is 14.9 Å². The third-order valence-electron chi connectivity index (χ3n) is 4.27. The minimum absolute atomic E-state index is 0.228. The van der Waals surface area contributed by atoms with Crippen LogP contribution in [0.4, 0.5) is 4.79 Å². The second kappa shape index (κ2) is 6.79. The molecule has 0 aliphatic carbocycles. The number of rotatable bonds is 5. The normalized spacial score (nSPS) is 16.8. The molecule has 2 amide bonds. The summed E-state index contributed by atoms with van der Waals surface area (Å²) in [6.45, 7) is 11.0. The summed E-state index contributed by atoms with van der Waals surface area (Å²) in [4.78, 5) is 32.1. The smallest absolute Gasteiger partial charge is 0.327 e. The minimum Gasteiger partial charge on any atom is -0.480 e. The third kappa shape index (κ3) is 3.86. The molecule has 0 saturated carbocycles. The van der Waals surface area contributed by atoms with Crippen molar-refractivity contribution in [3.63, 3.8) is 0 Å². The topological polar surface area (TPSA) is 73.7 Å². The number of carboxylic acids is 1. The monoisotopic (exact) mass is 333 g/mol. The maximum atomic E-state index is 12.7. The highest BCUT2D eigenvalue weighted by atomic mass is 16.4. The fourth-order valence-electron chi connectivity index (χ4n) is 3.06. The maximum absolute atomic E-state index is 12.7. The van der Waals surface area contributed by atoms with Gasteiger partial charge in [-0.2, -0.15) is 0 Å². The highest BCUT2D eigenvalue weighted by molar-refractivity contribution is 5.84. The van der Waals surface area contributed by atoms with Crippen molar-refractivity contribution in [2.45, 2.75) is 53.1 Å². The summed E-state index contributed by atoms with van der Waals surface area (Å²) >= 11 is 0. The fraction of sp³-hybridized carbons (Fsp3) is 0.611. The average Bonchev–Trinajstić information content (AvgIpc) is 2.79. The van der Waals surface area contributed by atoms with E-state index in [0.717, 1.165) is 11.4 Å². The van der Waals surface area contributed by atoms with Crippen LogP contribution in [0.2, 0.25) is 0 Å². The van der Waals surface area contributed by atoms with Crippen molar-refractivity contribution >= 4 is 12.0 Å². The van der Waals surface area contributed by atoms with Crippen LogP contribution in [-0.4, -0.2) is 51.0 Å². The van der Waals surface area contributed by atoms with Gasteiger partial charge in [-0.05, 0) is 23.5 Å². The number of pyridine rings is 1. The molecule has 0 spiro atoms. The second-order valence-electron chi connectivity index (χ2n) is 7.71. The number of nitrogens with zero attached hydrogens (tertiary/aromatic N) is 3. The van der Waals surface area contributed by atoms with Crippen molar-refractivity contribution in [3.05, 3.63) is 29.6 Å². The van der Waals surface area contributed by atoms with Crippen molar-refractivity contribution < 1.29 is 14.7 Å². The number of hydrogen-bond donors (Lipinski definition) is 1. The van der Waals surface area contributed by atoms with Gasteiger partial charge in [-0.25, -0.2) is 9.59 Å². The Bertz CT molecular complexity index is 622. The number of carboxylic acid groups (broad SMARTS) is 1. The van der Waals surface area contributed by atoms with Gasteiger partial charge in [-0.3, -0.25) is 4.98 Å². The molecule has 2 heterocycles. The first-order valence-electron chi connectivity index (χ1n) is 8.35. The predicted molar refractivity (Wildman–Crippen MR) is 91.7 cm³/mol. The predicted octanol–water partition coefficient (Wildman–Crippen LogP) is 2.94. The van der Waals surface area contributed by atoms with E-state index in [4.69, 9.17) is 0 Å². The summed E-state index contributed by atoms with van der Waals surface area (Å²) in [6.07, 6.45) is 0. The molecule has 6 heteroatoms. The zero-order valence-electron chi connectivity index (χ0n) is 15.1. The first-order chi connectivity index (χ1) is 11.1. The van der Waals surface area contributed by atoms with Crippen LogP contribution in [0.3, 0.4) is 0 Å². The standard InChI is InChI=1S/C18H27N3O3/c1-12(2)14-8-6-7-13(19-14)11-20-9-10-21(17(20)24)15(16(22)23)18(3,4)5/h6-8,12,15H,9-11H2,1-5H3,(H,22,23)/t15-/m1/s1. The summed E-state index contributed by atoms with van der Waals surface area (Å²) in [5.41, 5.74) is 1.31. The quantitative estimate of drug-likeness (QED) is 0.899. The first kappa shape index (κ1) is 18.2. The van der Waals surface area contributed by atoms with E-state index in [2.05, 4.69) is 18.8 Å². The van der Waals surface area contributed by atoms with Crippen LogP contribution in [0, 0.1) is 5.41 Å². The van der Waals surface area contributed by atoms with E-state index in [1.54, 1.807) is 4.90 Å². The molecule has 1 aromatic rings. The molecule has 1 saturated heterocycles. The van der Waals surface area contributed by atoms with Gasteiger partial charge in [-0.1, -0.05) is 40.7 Å². The number of amides is 2. The molecule has 1 aliphatic heterocycles. The Kier molecular flexibility index (Phi) is 5.16. The highest BCUT2D eigenvalue weighted by Crippen LogP contribution is 2.28. The molecule has 6 nitrogen and oxygen atoms in total. The fourth-order valence-corrected chi connectivity index (χ4v) is 3.06. The first-order valence-corrected chi connectivity index (χ1v) is 8.35. The van der Waals surface area contributed by atoms with E-state index in [9.17, 15) is 14.7 Å². The number of carbonyl (C=O) groups excluding carboxylic acids is 1. The summed E-state index contributed by atoms with van der Waals surface area (Å²) < 4.78 is 0. The lowest BCUT2D eigenvalue weighted by molar-refractivity contribution is -0.145. The molecule has 0 radical (unpaired) electrons. The molecule has 0 aromatic carbocycles. The van der Waals surface area contributed by atoms with Crippen LogP contribution in [0.1, 0.15) is 51.9 Å². The van der Waals surface area contributed by atoms with E-state index in [-0.39, 0.29) is 6.03 Å². The lowest BCUT2D eigenvalue weighted by Crippen LogP contribution is -2.51. The van der Waals surface area contributed by atoms with Gasteiger partial charge in [0.05, 0.1) is 12.2 Å². The van der Waals surface area contributed by atoms with E-state index in [1.165, 1.54) is 4.90 Å². The Labute approximate surface area is 143 Å². The van der Waals surface area contributed by atoms with Gasteiger partial charge in [0.25, 0.3) is 0 Å². The Morgan fingerprint density at radius 3 is 2.50 bits per heavy atom. The Morgan fingerprint density at radius 1 is 1.29 bits per heavy atom. The summed E-state index contributed by atoms with van der Waals surface area (Å²) in [7, 11) is 0. The average molecular weight is 333 g/mol. The maximum Gasteiger partial charge on any atom is 0.327 e. The zero-order valence-corrected chi connectivity index (χ0v) is 15.1. The van der Waals surface area contributed by atoms with Crippen LogP contribution >= 0.6 is 0 Å². The SMILES string of the molecule is CC(C)c1cccc(CN2CCN([C@H](C(=O)O)C(C)(C)C)C2=O)n1. The van der Waals surface area contributed by atoms with Gasteiger partial charge in [0.2, 0.25) is 0 Å². The largest absolute Gasteiger partial charge is 0.480 e. The van der Waals surface area contributed by atoms with Crippen molar-refractivity contribution in [2.75, 3.05) is 13.1 Å². The van der Waals surface area contributed by atoms with Crippen LogP contribution in [-0.2, 0) is 11.3 Å². The van der Waals surface area contributed by atoms with E-state index < -0.39 is 17.4 Å². The van der Waals surface area contributed by atoms with Crippen LogP contribution < -0.4 is 0 Å². The molecule has 2 rings (SSSR count). The molecule has 1 aromatic heterocycles. The number of hydrogen-bond acceptors (Lipinski definition) is 3. The van der Waals surface area contributed by atoms with Crippen LogP contribution in [0.25, 0.3) is 0 Å².